The summed E-state index contributed by atoms with van der Waals surface area (Å²) in [5.74, 6) is 1.48. The van der Waals surface area contributed by atoms with Gasteiger partial charge in [0.15, 0.2) is 0 Å². The molecule has 3 heteroatoms. The molecule has 0 atom stereocenters. The first kappa shape index (κ1) is 11.6. The van der Waals surface area contributed by atoms with E-state index in [1.54, 1.807) is 0 Å². The minimum absolute atomic E-state index is 0.599. The van der Waals surface area contributed by atoms with Crippen LogP contribution in [0.25, 0.3) is 0 Å². The van der Waals surface area contributed by atoms with Crippen LogP contribution in [0.4, 0.5) is 5.82 Å². The smallest absolute Gasteiger partial charge is 0.123 e. The van der Waals surface area contributed by atoms with Gasteiger partial charge in [0, 0.05) is 10.6 Å². The second kappa shape index (κ2) is 5.02. The van der Waals surface area contributed by atoms with E-state index in [1.807, 2.05) is 30.0 Å². The molecule has 1 aromatic heterocycles. The molecule has 1 aromatic carbocycles. The van der Waals surface area contributed by atoms with E-state index in [0.717, 1.165) is 11.4 Å². The first-order valence-corrected chi connectivity index (χ1v) is 7.26. The molecule has 2 N–H and O–H groups in total. The number of fused-ring (bicyclic) bond motifs is 1. The molecule has 92 valence electrons. The summed E-state index contributed by atoms with van der Waals surface area (Å²) < 4.78 is 0. The van der Waals surface area contributed by atoms with Crippen LogP contribution in [0.1, 0.15) is 23.2 Å². The summed E-state index contributed by atoms with van der Waals surface area (Å²) in [5, 5.41) is 0. The molecule has 1 aliphatic carbocycles. The molecule has 3 rings (SSSR count). The minimum atomic E-state index is 0.599. The lowest BCUT2D eigenvalue weighted by atomic mass is 10.1. The molecule has 1 aliphatic rings. The first-order valence-electron chi connectivity index (χ1n) is 6.27. The maximum absolute atomic E-state index is 5.68. The van der Waals surface area contributed by atoms with Gasteiger partial charge in [-0.1, -0.05) is 12.1 Å². The summed E-state index contributed by atoms with van der Waals surface area (Å²) >= 11 is 1.83. The third-order valence-electron chi connectivity index (χ3n) is 3.28. The molecular formula is C15H16N2S. The molecule has 0 amide bonds. The molecule has 1 heterocycles. The van der Waals surface area contributed by atoms with Crippen LogP contribution >= 0.6 is 11.8 Å². The highest BCUT2D eigenvalue weighted by Crippen LogP contribution is 2.29. The van der Waals surface area contributed by atoms with Crippen LogP contribution in [-0.2, 0) is 18.6 Å². The quantitative estimate of drug-likeness (QED) is 0.855. The number of anilines is 1. The summed E-state index contributed by atoms with van der Waals surface area (Å²) in [5.41, 5.74) is 9.78. The molecule has 0 saturated heterocycles. The van der Waals surface area contributed by atoms with Crippen molar-refractivity contribution in [2.24, 2.45) is 0 Å². The molecule has 0 bridgehead atoms. The van der Waals surface area contributed by atoms with E-state index < -0.39 is 0 Å². The molecule has 2 nitrogen and oxygen atoms in total. The van der Waals surface area contributed by atoms with Crippen LogP contribution in [0.3, 0.4) is 0 Å². The Hall–Kier alpha value is -1.48. The fraction of sp³-hybridized carbons (Fsp3) is 0.267. The molecule has 18 heavy (non-hydrogen) atoms. The second-order valence-corrected chi connectivity index (χ2v) is 5.68. The zero-order chi connectivity index (χ0) is 12.4. The number of nitrogens with two attached hydrogens (primary N) is 1. The number of thioether (sulfide) groups is 1. The third kappa shape index (κ3) is 2.51. The van der Waals surface area contributed by atoms with Crippen LogP contribution in [0.15, 0.2) is 41.3 Å². The number of pyridine rings is 1. The van der Waals surface area contributed by atoms with Gasteiger partial charge in [0.25, 0.3) is 0 Å². The predicted octanol–water partition coefficient (Wildman–Crippen LogP) is 3.44. The Bertz CT molecular complexity index is 566. The van der Waals surface area contributed by atoms with Gasteiger partial charge in [-0.25, -0.2) is 4.98 Å². The Morgan fingerprint density at radius 2 is 2.00 bits per heavy atom. The van der Waals surface area contributed by atoms with E-state index in [0.29, 0.717) is 5.82 Å². The van der Waals surface area contributed by atoms with Crippen LogP contribution < -0.4 is 5.73 Å². The number of hydrogen-bond donors (Lipinski definition) is 1. The average molecular weight is 256 g/mol. The Labute approximate surface area is 112 Å². The van der Waals surface area contributed by atoms with Crippen LogP contribution in [-0.4, -0.2) is 4.98 Å². The highest BCUT2D eigenvalue weighted by atomic mass is 32.2. The van der Waals surface area contributed by atoms with Crippen LogP contribution in [0, 0.1) is 0 Å². The molecular weight excluding hydrogens is 240 g/mol. The van der Waals surface area contributed by atoms with E-state index in [4.69, 9.17) is 5.73 Å². The number of rotatable bonds is 3. The van der Waals surface area contributed by atoms with Gasteiger partial charge >= 0.3 is 0 Å². The van der Waals surface area contributed by atoms with Crippen molar-refractivity contribution in [3.63, 3.8) is 0 Å². The summed E-state index contributed by atoms with van der Waals surface area (Å²) in [6.45, 7) is 0. The zero-order valence-electron chi connectivity index (χ0n) is 10.2. The van der Waals surface area contributed by atoms with Gasteiger partial charge in [-0.15, -0.1) is 11.8 Å². The summed E-state index contributed by atoms with van der Waals surface area (Å²) in [7, 11) is 0. The lowest BCUT2D eigenvalue weighted by molar-refractivity contribution is 0.911. The second-order valence-electron chi connectivity index (χ2n) is 4.63. The number of aromatic nitrogens is 1. The van der Waals surface area contributed by atoms with Gasteiger partial charge in [0.05, 0.1) is 5.69 Å². The standard InChI is InChI=1S/C15H16N2S/c16-15-6-2-5-13(17-15)10-18-14-8-7-11-3-1-4-12(11)9-14/h2,5-9H,1,3-4,10H2,(H2,16,17). The topological polar surface area (TPSA) is 38.9 Å². The molecule has 0 spiro atoms. The Balaban J connectivity index is 1.70. The number of benzene rings is 1. The van der Waals surface area contributed by atoms with E-state index in [-0.39, 0.29) is 0 Å². The summed E-state index contributed by atoms with van der Waals surface area (Å²) in [6, 6.07) is 12.6. The van der Waals surface area contributed by atoms with Crippen molar-refractivity contribution in [2.45, 2.75) is 29.9 Å². The van der Waals surface area contributed by atoms with Gasteiger partial charge in [-0.05, 0) is 54.7 Å². The fourth-order valence-electron chi connectivity index (χ4n) is 2.37. The van der Waals surface area contributed by atoms with Gasteiger partial charge in [0.1, 0.15) is 5.82 Å². The maximum Gasteiger partial charge on any atom is 0.123 e. The van der Waals surface area contributed by atoms with Crippen LogP contribution in [0.2, 0.25) is 0 Å². The van der Waals surface area contributed by atoms with Gasteiger partial charge in [-0.3, -0.25) is 0 Å². The number of aryl methyl sites for hydroxylation is 2. The van der Waals surface area contributed by atoms with Gasteiger partial charge < -0.3 is 5.73 Å². The summed E-state index contributed by atoms with van der Waals surface area (Å²) in [6.07, 6.45) is 3.79. The molecule has 0 aliphatic heterocycles. The van der Waals surface area contributed by atoms with Crippen molar-refractivity contribution in [1.29, 1.82) is 0 Å². The third-order valence-corrected chi connectivity index (χ3v) is 4.31. The van der Waals surface area contributed by atoms with E-state index >= 15 is 0 Å². The first-order chi connectivity index (χ1) is 8.81. The highest BCUT2D eigenvalue weighted by Gasteiger charge is 2.10. The van der Waals surface area contributed by atoms with E-state index in [1.165, 1.54) is 35.3 Å². The monoisotopic (exact) mass is 256 g/mol. The lowest BCUT2D eigenvalue weighted by Gasteiger charge is -2.05. The van der Waals surface area contributed by atoms with Crippen molar-refractivity contribution in [1.82, 2.24) is 4.98 Å². The van der Waals surface area contributed by atoms with Crippen molar-refractivity contribution in [2.75, 3.05) is 5.73 Å². The predicted molar refractivity (Wildman–Crippen MR) is 76.7 cm³/mol. The molecule has 0 radical (unpaired) electrons. The van der Waals surface area contributed by atoms with Gasteiger partial charge in [-0.2, -0.15) is 0 Å². The van der Waals surface area contributed by atoms with Gasteiger partial charge in [0.2, 0.25) is 0 Å². The molecule has 2 aromatic rings. The Morgan fingerprint density at radius 3 is 2.89 bits per heavy atom. The number of hydrogen-bond acceptors (Lipinski definition) is 3. The maximum atomic E-state index is 5.68. The number of nitrogen functional groups attached to an aromatic ring is 1. The average Bonchev–Trinajstić information content (AvgIpc) is 2.84. The van der Waals surface area contributed by atoms with Crippen molar-refractivity contribution >= 4 is 17.6 Å². The van der Waals surface area contributed by atoms with Crippen molar-refractivity contribution in [3.05, 3.63) is 53.2 Å². The largest absolute Gasteiger partial charge is 0.384 e. The SMILES string of the molecule is Nc1cccc(CSc2ccc3c(c2)CCC3)n1. The van der Waals surface area contributed by atoms with E-state index in [9.17, 15) is 0 Å². The Morgan fingerprint density at radius 1 is 1.11 bits per heavy atom. The number of nitrogens with zero attached hydrogens (tertiary/aromatic N) is 1. The highest BCUT2D eigenvalue weighted by molar-refractivity contribution is 7.98. The molecule has 0 unspecified atom stereocenters. The fourth-order valence-corrected chi connectivity index (χ4v) is 3.24. The lowest BCUT2D eigenvalue weighted by Crippen LogP contribution is -1.93. The Kier molecular flexibility index (Phi) is 3.24. The molecule has 0 fully saturated rings. The summed E-state index contributed by atoms with van der Waals surface area (Å²) in [4.78, 5) is 5.65. The van der Waals surface area contributed by atoms with Crippen molar-refractivity contribution < 1.29 is 0 Å². The molecule has 0 saturated carbocycles. The van der Waals surface area contributed by atoms with Crippen LogP contribution in [0.5, 0.6) is 0 Å². The van der Waals surface area contributed by atoms with E-state index in [2.05, 4.69) is 23.2 Å². The normalized spacial score (nSPS) is 13.6. The minimum Gasteiger partial charge on any atom is -0.384 e. The van der Waals surface area contributed by atoms with Crippen molar-refractivity contribution in [3.8, 4) is 0 Å². The zero-order valence-corrected chi connectivity index (χ0v) is 11.0.